The van der Waals surface area contributed by atoms with Gasteiger partial charge in [-0.15, -0.1) is 0 Å². The molecule has 0 heterocycles. The molecular weight excluding hydrogens is 322 g/mol. The Morgan fingerprint density at radius 2 is 1.80 bits per heavy atom. The number of rotatable bonds is 10. The zero-order chi connectivity index (χ0) is 18.9. The van der Waals surface area contributed by atoms with Crippen LogP contribution in [0, 0.1) is 0 Å². The molecule has 1 aromatic rings. The van der Waals surface area contributed by atoms with Crippen LogP contribution < -0.4 is 14.8 Å². The van der Waals surface area contributed by atoms with Gasteiger partial charge in [-0.3, -0.25) is 4.79 Å². The first kappa shape index (κ1) is 20.8. The quantitative estimate of drug-likeness (QED) is 0.655. The van der Waals surface area contributed by atoms with Crippen LogP contribution in [0.15, 0.2) is 18.2 Å². The lowest BCUT2D eigenvalue weighted by molar-refractivity contribution is -0.125. The fourth-order valence-electron chi connectivity index (χ4n) is 1.95. The van der Waals surface area contributed by atoms with Crippen molar-refractivity contribution in [3.8, 4) is 11.5 Å². The van der Waals surface area contributed by atoms with Crippen molar-refractivity contribution in [2.24, 2.45) is 0 Å². The van der Waals surface area contributed by atoms with Gasteiger partial charge in [-0.25, -0.2) is 4.79 Å². The Labute approximate surface area is 149 Å². The summed E-state index contributed by atoms with van der Waals surface area (Å²) in [4.78, 5) is 24.0. The number of amides is 1. The predicted octanol–water partition coefficient (Wildman–Crippen LogP) is 3.34. The molecule has 0 radical (unpaired) electrons. The van der Waals surface area contributed by atoms with E-state index in [-0.39, 0.29) is 18.1 Å². The Morgan fingerprint density at radius 3 is 2.40 bits per heavy atom. The van der Waals surface area contributed by atoms with Gasteiger partial charge in [-0.2, -0.15) is 0 Å². The second-order valence-corrected chi connectivity index (χ2v) is 6.30. The van der Waals surface area contributed by atoms with Crippen LogP contribution in [0.1, 0.15) is 57.8 Å². The van der Waals surface area contributed by atoms with Crippen molar-refractivity contribution in [1.29, 1.82) is 0 Å². The lowest BCUT2D eigenvalue weighted by Gasteiger charge is -2.24. The molecule has 0 saturated carbocycles. The molecule has 0 aliphatic carbocycles. The molecule has 0 atom stereocenters. The molecule has 140 valence electrons. The molecule has 0 aliphatic heterocycles. The van der Waals surface area contributed by atoms with Crippen LogP contribution in [0.3, 0.4) is 0 Å². The largest absolute Gasteiger partial charge is 0.490 e. The smallest absolute Gasteiger partial charge is 0.338 e. The van der Waals surface area contributed by atoms with E-state index in [4.69, 9.17) is 14.2 Å². The Bertz CT molecular complexity index is 583. The molecule has 1 N–H and O–H groups in total. The van der Waals surface area contributed by atoms with E-state index >= 15 is 0 Å². The standard InChI is InChI=1S/C19H29NO5/c1-6-11-24-15-10-9-14(12-16(15)23-8-3)18(22)25-13-17(21)20-19(4,5)7-2/h9-10,12H,6-8,11,13H2,1-5H3,(H,20,21). The molecule has 1 rings (SSSR count). The van der Waals surface area contributed by atoms with E-state index < -0.39 is 5.97 Å². The third kappa shape index (κ3) is 7.03. The maximum absolute atomic E-state index is 12.2. The number of benzene rings is 1. The number of hydrogen-bond acceptors (Lipinski definition) is 5. The number of esters is 1. The first-order valence-corrected chi connectivity index (χ1v) is 8.70. The average Bonchev–Trinajstić information content (AvgIpc) is 2.58. The van der Waals surface area contributed by atoms with Crippen molar-refractivity contribution in [3.05, 3.63) is 23.8 Å². The number of ether oxygens (including phenoxy) is 3. The van der Waals surface area contributed by atoms with Crippen LogP contribution >= 0.6 is 0 Å². The van der Waals surface area contributed by atoms with Crippen molar-refractivity contribution in [3.63, 3.8) is 0 Å². The summed E-state index contributed by atoms with van der Waals surface area (Å²) in [6, 6.07) is 4.85. The summed E-state index contributed by atoms with van der Waals surface area (Å²) >= 11 is 0. The summed E-state index contributed by atoms with van der Waals surface area (Å²) in [5, 5.41) is 2.82. The molecule has 0 bridgehead atoms. The van der Waals surface area contributed by atoms with Gasteiger partial charge in [0.1, 0.15) is 0 Å². The number of carbonyl (C=O) groups excluding carboxylic acids is 2. The van der Waals surface area contributed by atoms with E-state index in [9.17, 15) is 9.59 Å². The first-order chi connectivity index (χ1) is 11.8. The Balaban J connectivity index is 2.71. The van der Waals surface area contributed by atoms with Crippen molar-refractivity contribution in [2.75, 3.05) is 19.8 Å². The van der Waals surface area contributed by atoms with Crippen molar-refractivity contribution >= 4 is 11.9 Å². The van der Waals surface area contributed by atoms with Crippen molar-refractivity contribution in [1.82, 2.24) is 5.32 Å². The van der Waals surface area contributed by atoms with Crippen LogP contribution in [0.25, 0.3) is 0 Å². The van der Waals surface area contributed by atoms with E-state index in [1.54, 1.807) is 18.2 Å². The third-order valence-corrected chi connectivity index (χ3v) is 3.64. The van der Waals surface area contributed by atoms with Crippen molar-refractivity contribution in [2.45, 2.75) is 53.0 Å². The maximum Gasteiger partial charge on any atom is 0.338 e. The van der Waals surface area contributed by atoms with Gasteiger partial charge in [-0.05, 0) is 51.8 Å². The molecule has 6 heteroatoms. The molecule has 0 saturated heterocycles. The monoisotopic (exact) mass is 351 g/mol. The van der Waals surface area contributed by atoms with Gasteiger partial charge < -0.3 is 19.5 Å². The minimum atomic E-state index is -0.576. The molecule has 0 unspecified atom stereocenters. The van der Waals surface area contributed by atoms with E-state index in [2.05, 4.69) is 5.32 Å². The molecule has 1 amide bonds. The summed E-state index contributed by atoms with van der Waals surface area (Å²) in [7, 11) is 0. The van der Waals surface area contributed by atoms with Gasteiger partial charge >= 0.3 is 5.97 Å². The van der Waals surface area contributed by atoms with E-state index in [0.29, 0.717) is 30.3 Å². The van der Waals surface area contributed by atoms with Gasteiger partial charge in [0.15, 0.2) is 18.1 Å². The Hall–Kier alpha value is -2.24. The number of carbonyl (C=O) groups is 2. The van der Waals surface area contributed by atoms with Gasteiger partial charge in [0.25, 0.3) is 5.91 Å². The van der Waals surface area contributed by atoms with E-state index in [0.717, 1.165) is 12.8 Å². The van der Waals surface area contributed by atoms with Crippen LogP contribution in [-0.4, -0.2) is 37.2 Å². The lowest BCUT2D eigenvalue weighted by Crippen LogP contribution is -2.44. The topological polar surface area (TPSA) is 73.9 Å². The summed E-state index contributed by atoms with van der Waals surface area (Å²) in [5.74, 6) is 0.172. The van der Waals surface area contributed by atoms with Crippen molar-refractivity contribution < 1.29 is 23.8 Å². The minimum Gasteiger partial charge on any atom is -0.490 e. The highest BCUT2D eigenvalue weighted by Crippen LogP contribution is 2.29. The Kier molecular flexibility index (Phi) is 8.25. The lowest BCUT2D eigenvalue weighted by atomic mass is 10.0. The molecule has 6 nitrogen and oxygen atoms in total. The zero-order valence-electron chi connectivity index (χ0n) is 15.8. The fourth-order valence-corrected chi connectivity index (χ4v) is 1.95. The van der Waals surface area contributed by atoms with Gasteiger partial charge in [0.2, 0.25) is 0 Å². The zero-order valence-corrected chi connectivity index (χ0v) is 15.8. The summed E-state index contributed by atoms with van der Waals surface area (Å²) < 4.78 is 16.2. The van der Waals surface area contributed by atoms with Crippen LogP contribution in [0.5, 0.6) is 11.5 Å². The highest BCUT2D eigenvalue weighted by molar-refractivity contribution is 5.92. The van der Waals surface area contributed by atoms with Crippen LogP contribution in [0.2, 0.25) is 0 Å². The first-order valence-electron chi connectivity index (χ1n) is 8.70. The Morgan fingerprint density at radius 1 is 1.08 bits per heavy atom. The van der Waals surface area contributed by atoms with E-state index in [1.807, 2.05) is 34.6 Å². The summed E-state index contributed by atoms with van der Waals surface area (Å²) in [6.45, 7) is 10.4. The van der Waals surface area contributed by atoms with Gasteiger partial charge in [0.05, 0.1) is 18.8 Å². The minimum absolute atomic E-state index is 0.315. The second-order valence-electron chi connectivity index (χ2n) is 6.30. The second kappa shape index (κ2) is 9.91. The highest BCUT2D eigenvalue weighted by atomic mass is 16.5. The third-order valence-electron chi connectivity index (χ3n) is 3.64. The number of nitrogens with one attached hydrogen (secondary N) is 1. The molecule has 1 aromatic carbocycles. The molecule has 0 fully saturated rings. The molecule has 0 spiro atoms. The van der Waals surface area contributed by atoms with E-state index in [1.165, 1.54) is 0 Å². The molecule has 0 aromatic heterocycles. The maximum atomic E-state index is 12.2. The molecular formula is C19H29NO5. The van der Waals surface area contributed by atoms with Crippen LogP contribution in [0.4, 0.5) is 0 Å². The SMILES string of the molecule is CCCOc1ccc(C(=O)OCC(=O)NC(C)(C)CC)cc1OCC. The van der Waals surface area contributed by atoms with Gasteiger partial charge in [0, 0.05) is 5.54 Å². The highest BCUT2D eigenvalue weighted by Gasteiger charge is 2.19. The molecule has 25 heavy (non-hydrogen) atoms. The average molecular weight is 351 g/mol. The van der Waals surface area contributed by atoms with Crippen LogP contribution in [-0.2, 0) is 9.53 Å². The normalized spacial score (nSPS) is 10.9. The summed E-state index contributed by atoms with van der Waals surface area (Å²) in [5.41, 5.74) is -0.0148. The van der Waals surface area contributed by atoms with Gasteiger partial charge in [-0.1, -0.05) is 13.8 Å². The molecule has 0 aliphatic rings. The fraction of sp³-hybridized carbons (Fsp3) is 0.579. The summed E-state index contributed by atoms with van der Waals surface area (Å²) in [6.07, 6.45) is 1.65. The predicted molar refractivity (Wildman–Crippen MR) is 96.2 cm³/mol. The number of hydrogen-bond donors (Lipinski definition) is 1.